The molecule has 0 aromatic heterocycles. The third-order valence-electron chi connectivity index (χ3n) is 3.99. The molecule has 2 aliphatic rings. The van der Waals surface area contributed by atoms with Crippen molar-refractivity contribution in [2.45, 2.75) is 77.0 Å². The summed E-state index contributed by atoms with van der Waals surface area (Å²) in [6, 6.07) is 0. The van der Waals surface area contributed by atoms with Gasteiger partial charge in [-0.2, -0.15) is 0 Å². The fourth-order valence-electron chi connectivity index (χ4n) is 2.59. The molecule has 0 aromatic rings. The number of hydrogen-bond acceptors (Lipinski definition) is 5. The number of rotatable bonds is 2. The Morgan fingerprint density at radius 2 is 1.72 bits per heavy atom. The van der Waals surface area contributed by atoms with Crippen LogP contribution in [0.2, 0.25) is 0 Å². The first-order chi connectivity index (χ1) is 8.47. The molecule has 0 spiro atoms. The van der Waals surface area contributed by atoms with Gasteiger partial charge in [-0.1, -0.05) is 6.92 Å². The van der Waals surface area contributed by atoms with Crippen LogP contribution in [-0.4, -0.2) is 47.2 Å². The Labute approximate surface area is 108 Å². The fraction of sp³-hybridized carbons (Fsp3) is 1.00. The molecule has 2 fully saturated rings. The molecule has 0 radical (unpaired) electrons. The second-order valence-corrected chi connectivity index (χ2v) is 5.52. The van der Waals surface area contributed by atoms with Gasteiger partial charge in [-0.3, -0.25) is 0 Å². The summed E-state index contributed by atoms with van der Waals surface area (Å²) >= 11 is 0. The molecule has 2 N–H and O–H groups in total. The zero-order chi connectivity index (χ0) is 13.3. The highest BCUT2D eigenvalue weighted by Gasteiger charge is 2.38. The lowest BCUT2D eigenvalue weighted by molar-refractivity contribution is -0.292. The van der Waals surface area contributed by atoms with Gasteiger partial charge in [0.05, 0.1) is 18.3 Å². The van der Waals surface area contributed by atoms with Crippen LogP contribution >= 0.6 is 0 Å². The van der Waals surface area contributed by atoms with Crippen LogP contribution < -0.4 is 0 Å². The summed E-state index contributed by atoms with van der Waals surface area (Å²) < 4.78 is 16.9. The molecule has 0 saturated carbocycles. The van der Waals surface area contributed by atoms with Crippen LogP contribution in [-0.2, 0) is 14.2 Å². The van der Waals surface area contributed by atoms with Crippen LogP contribution in [0.15, 0.2) is 0 Å². The Bertz CT molecular complexity index is 260. The third kappa shape index (κ3) is 3.22. The van der Waals surface area contributed by atoms with E-state index in [0.717, 1.165) is 12.8 Å². The molecule has 2 saturated heterocycles. The van der Waals surface area contributed by atoms with Crippen LogP contribution in [0.25, 0.3) is 0 Å². The Hall–Kier alpha value is -0.200. The van der Waals surface area contributed by atoms with Crippen molar-refractivity contribution in [3.63, 3.8) is 0 Å². The van der Waals surface area contributed by atoms with Crippen LogP contribution in [0, 0.1) is 5.92 Å². The van der Waals surface area contributed by atoms with Gasteiger partial charge >= 0.3 is 0 Å². The van der Waals surface area contributed by atoms with Gasteiger partial charge in [-0.05, 0) is 32.6 Å². The summed E-state index contributed by atoms with van der Waals surface area (Å²) in [6.07, 6.45) is -0.392. The fourth-order valence-corrected chi connectivity index (χ4v) is 2.59. The van der Waals surface area contributed by atoms with Gasteiger partial charge in [0, 0.05) is 6.42 Å². The highest BCUT2D eigenvalue weighted by Crippen LogP contribution is 2.29. The van der Waals surface area contributed by atoms with Crippen molar-refractivity contribution in [1.82, 2.24) is 0 Å². The van der Waals surface area contributed by atoms with Crippen molar-refractivity contribution in [1.29, 1.82) is 0 Å². The average molecular weight is 260 g/mol. The smallest absolute Gasteiger partial charge is 0.158 e. The molecule has 1 unspecified atom stereocenters. The summed E-state index contributed by atoms with van der Waals surface area (Å²) in [5.74, 6) is 0.539. The predicted octanol–water partition coefficient (Wildman–Crippen LogP) is 1.02. The Kier molecular flexibility index (Phi) is 4.61. The standard InChI is InChI=1S/C13H24O5/c1-7-4-5-12(17-8(7)2)18-13-9(3)16-11(15)6-10(13)14/h7-15H,4-6H2,1-3H3/t7-,8?,9+,10-,11+,12-,13+/m0/s1. The molecule has 0 aromatic carbocycles. The van der Waals surface area contributed by atoms with Crippen molar-refractivity contribution in [3.05, 3.63) is 0 Å². The van der Waals surface area contributed by atoms with Crippen LogP contribution in [0.1, 0.15) is 40.0 Å². The summed E-state index contributed by atoms with van der Waals surface area (Å²) in [4.78, 5) is 0. The largest absolute Gasteiger partial charge is 0.390 e. The zero-order valence-corrected chi connectivity index (χ0v) is 11.3. The lowest BCUT2D eigenvalue weighted by atomic mass is 9.96. The van der Waals surface area contributed by atoms with E-state index < -0.39 is 18.5 Å². The SMILES string of the molecule is CC1O[C@@H](O[C@H]2[C@@H](O)C[C@H](O)O[C@@H]2C)CC[C@@H]1C. The van der Waals surface area contributed by atoms with Gasteiger partial charge in [0.15, 0.2) is 12.6 Å². The minimum absolute atomic E-state index is 0.172. The van der Waals surface area contributed by atoms with E-state index in [0.29, 0.717) is 5.92 Å². The van der Waals surface area contributed by atoms with E-state index >= 15 is 0 Å². The molecule has 5 nitrogen and oxygen atoms in total. The van der Waals surface area contributed by atoms with E-state index in [4.69, 9.17) is 14.2 Å². The number of aliphatic hydroxyl groups excluding tert-OH is 2. The minimum Gasteiger partial charge on any atom is -0.390 e. The number of ether oxygens (including phenoxy) is 3. The second kappa shape index (κ2) is 5.84. The minimum atomic E-state index is -0.902. The Morgan fingerprint density at radius 3 is 2.33 bits per heavy atom. The molecular weight excluding hydrogens is 236 g/mol. The van der Waals surface area contributed by atoms with E-state index in [1.54, 1.807) is 6.92 Å². The van der Waals surface area contributed by atoms with Crippen molar-refractivity contribution < 1.29 is 24.4 Å². The van der Waals surface area contributed by atoms with Crippen molar-refractivity contribution >= 4 is 0 Å². The lowest BCUT2D eigenvalue weighted by Gasteiger charge is -2.40. The van der Waals surface area contributed by atoms with Crippen LogP contribution in [0.3, 0.4) is 0 Å². The first kappa shape index (κ1) is 14.2. The number of aliphatic hydroxyl groups is 2. The summed E-state index contributed by atoms with van der Waals surface area (Å²) in [7, 11) is 0. The molecule has 0 aliphatic carbocycles. The van der Waals surface area contributed by atoms with E-state index in [2.05, 4.69) is 6.92 Å². The zero-order valence-electron chi connectivity index (χ0n) is 11.3. The first-order valence-electron chi connectivity index (χ1n) is 6.80. The van der Waals surface area contributed by atoms with Crippen molar-refractivity contribution in [2.75, 3.05) is 0 Å². The van der Waals surface area contributed by atoms with Crippen LogP contribution in [0.5, 0.6) is 0 Å². The molecule has 0 amide bonds. The normalized spacial score (nSPS) is 50.2. The van der Waals surface area contributed by atoms with Crippen LogP contribution in [0.4, 0.5) is 0 Å². The Balaban J connectivity index is 1.88. The third-order valence-corrected chi connectivity index (χ3v) is 3.99. The molecular formula is C13H24O5. The highest BCUT2D eigenvalue weighted by atomic mass is 16.7. The van der Waals surface area contributed by atoms with Gasteiger partial charge in [0.25, 0.3) is 0 Å². The summed E-state index contributed by atoms with van der Waals surface area (Å²) in [5, 5.41) is 19.3. The molecule has 18 heavy (non-hydrogen) atoms. The maximum atomic E-state index is 9.94. The molecule has 2 rings (SSSR count). The van der Waals surface area contributed by atoms with E-state index in [1.807, 2.05) is 6.92 Å². The molecule has 2 heterocycles. The van der Waals surface area contributed by atoms with Crippen molar-refractivity contribution in [2.24, 2.45) is 5.92 Å². The lowest BCUT2D eigenvalue weighted by Crippen LogP contribution is -2.50. The highest BCUT2D eigenvalue weighted by molar-refractivity contribution is 4.82. The summed E-state index contributed by atoms with van der Waals surface area (Å²) in [6.45, 7) is 6.00. The molecule has 7 atom stereocenters. The molecule has 2 aliphatic heterocycles. The van der Waals surface area contributed by atoms with E-state index in [9.17, 15) is 10.2 Å². The maximum Gasteiger partial charge on any atom is 0.158 e. The van der Waals surface area contributed by atoms with E-state index in [1.165, 1.54) is 0 Å². The molecule has 106 valence electrons. The quantitative estimate of drug-likeness (QED) is 0.776. The maximum absolute atomic E-state index is 9.94. The van der Waals surface area contributed by atoms with E-state index in [-0.39, 0.29) is 24.9 Å². The van der Waals surface area contributed by atoms with Gasteiger partial charge in [-0.15, -0.1) is 0 Å². The van der Waals surface area contributed by atoms with Gasteiger partial charge in [0.2, 0.25) is 0 Å². The first-order valence-corrected chi connectivity index (χ1v) is 6.80. The second-order valence-electron chi connectivity index (χ2n) is 5.52. The van der Waals surface area contributed by atoms with Gasteiger partial charge in [-0.25, -0.2) is 0 Å². The number of hydrogen-bond donors (Lipinski definition) is 2. The van der Waals surface area contributed by atoms with Gasteiger partial charge < -0.3 is 24.4 Å². The Morgan fingerprint density at radius 1 is 1.00 bits per heavy atom. The molecule has 0 bridgehead atoms. The monoisotopic (exact) mass is 260 g/mol. The van der Waals surface area contributed by atoms with Crippen molar-refractivity contribution in [3.8, 4) is 0 Å². The predicted molar refractivity (Wildman–Crippen MR) is 64.8 cm³/mol. The average Bonchev–Trinajstić information content (AvgIpc) is 2.28. The molecule has 5 heteroatoms. The summed E-state index contributed by atoms with van der Waals surface area (Å²) in [5.41, 5.74) is 0. The topological polar surface area (TPSA) is 68.2 Å². The van der Waals surface area contributed by atoms with Gasteiger partial charge in [0.1, 0.15) is 6.10 Å².